The summed E-state index contributed by atoms with van der Waals surface area (Å²) in [5.74, 6) is 1.20. The molecule has 8 heteroatoms. The molecule has 138 valence electrons. The van der Waals surface area contributed by atoms with E-state index in [0.29, 0.717) is 35.3 Å². The fraction of sp³-hybridized carbons (Fsp3) is 0.444. The number of benzene rings is 1. The molecule has 0 bridgehead atoms. The predicted octanol–water partition coefficient (Wildman–Crippen LogP) is 2.32. The molecule has 0 aliphatic carbocycles. The summed E-state index contributed by atoms with van der Waals surface area (Å²) in [7, 11) is 0. The van der Waals surface area contributed by atoms with Gasteiger partial charge >= 0.3 is 0 Å². The quantitative estimate of drug-likeness (QED) is 0.643. The molecule has 0 fully saturated rings. The fourth-order valence-corrected chi connectivity index (χ4v) is 3.56. The van der Waals surface area contributed by atoms with Gasteiger partial charge in [0, 0.05) is 13.1 Å². The van der Waals surface area contributed by atoms with Gasteiger partial charge in [0.05, 0.1) is 16.7 Å². The summed E-state index contributed by atoms with van der Waals surface area (Å²) in [6.45, 7) is 7.32. The summed E-state index contributed by atoms with van der Waals surface area (Å²) >= 11 is 1.32. The number of thioether (sulfide) groups is 1. The van der Waals surface area contributed by atoms with E-state index >= 15 is 0 Å². The molecule has 2 aromatic heterocycles. The van der Waals surface area contributed by atoms with Crippen LogP contribution in [0.1, 0.15) is 27.2 Å². The zero-order valence-corrected chi connectivity index (χ0v) is 16.0. The van der Waals surface area contributed by atoms with E-state index in [9.17, 15) is 9.59 Å². The molecule has 0 unspecified atom stereocenters. The highest BCUT2D eigenvalue weighted by molar-refractivity contribution is 7.99. The molecule has 7 nitrogen and oxygen atoms in total. The van der Waals surface area contributed by atoms with E-state index in [4.69, 9.17) is 0 Å². The molecule has 0 spiro atoms. The molecule has 1 amide bonds. The molecule has 2 heterocycles. The van der Waals surface area contributed by atoms with Crippen molar-refractivity contribution in [1.82, 2.24) is 24.5 Å². The van der Waals surface area contributed by atoms with Crippen LogP contribution in [-0.2, 0) is 11.3 Å². The maximum atomic E-state index is 12.9. The van der Waals surface area contributed by atoms with E-state index in [0.717, 1.165) is 11.9 Å². The number of nitrogens with zero attached hydrogens (tertiary/aromatic N) is 4. The molecule has 3 aromatic rings. The third-order valence-electron chi connectivity index (χ3n) is 4.11. The van der Waals surface area contributed by atoms with Crippen LogP contribution in [0, 0.1) is 5.92 Å². The van der Waals surface area contributed by atoms with Gasteiger partial charge in [0.25, 0.3) is 5.56 Å². The Labute approximate surface area is 155 Å². The van der Waals surface area contributed by atoms with Crippen LogP contribution < -0.4 is 10.9 Å². The van der Waals surface area contributed by atoms with Crippen LogP contribution in [0.5, 0.6) is 0 Å². The van der Waals surface area contributed by atoms with E-state index in [1.165, 1.54) is 11.8 Å². The van der Waals surface area contributed by atoms with Gasteiger partial charge < -0.3 is 5.32 Å². The summed E-state index contributed by atoms with van der Waals surface area (Å²) in [5.41, 5.74) is 0.707. The number of nitrogens with one attached hydrogen (secondary N) is 1. The number of aromatic nitrogens is 4. The largest absolute Gasteiger partial charge is 0.356 e. The first-order valence-corrected chi connectivity index (χ1v) is 9.77. The van der Waals surface area contributed by atoms with Crippen molar-refractivity contribution in [2.45, 2.75) is 38.9 Å². The lowest BCUT2D eigenvalue weighted by molar-refractivity contribution is -0.118. The van der Waals surface area contributed by atoms with Gasteiger partial charge in [0.15, 0.2) is 5.16 Å². The van der Waals surface area contributed by atoms with Crippen molar-refractivity contribution in [3.63, 3.8) is 0 Å². The van der Waals surface area contributed by atoms with Gasteiger partial charge in [0.1, 0.15) is 0 Å². The van der Waals surface area contributed by atoms with Crippen molar-refractivity contribution in [2.24, 2.45) is 5.92 Å². The second-order valence-electron chi connectivity index (χ2n) is 6.52. The molecule has 0 atom stereocenters. The van der Waals surface area contributed by atoms with Crippen LogP contribution in [0.4, 0.5) is 0 Å². The van der Waals surface area contributed by atoms with Crippen LogP contribution >= 0.6 is 11.8 Å². The highest BCUT2D eigenvalue weighted by Crippen LogP contribution is 2.21. The molecule has 0 saturated heterocycles. The van der Waals surface area contributed by atoms with Crippen molar-refractivity contribution in [2.75, 3.05) is 12.3 Å². The molecule has 0 saturated carbocycles. The van der Waals surface area contributed by atoms with Gasteiger partial charge in [-0.3, -0.25) is 18.6 Å². The maximum Gasteiger partial charge on any atom is 0.262 e. The lowest BCUT2D eigenvalue weighted by Crippen LogP contribution is -2.25. The van der Waals surface area contributed by atoms with Gasteiger partial charge in [-0.15, -0.1) is 10.2 Å². The molecule has 0 aliphatic heterocycles. The molecule has 3 rings (SSSR count). The van der Waals surface area contributed by atoms with Gasteiger partial charge in [-0.25, -0.2) is 0 Å². The van der Waals surface area contributed by atoms with Crippen LogP contribution in [0.3, 0.4) is 0 Å². The Morgan fingerprint density at radius 2 is 2.04 bits per heavy atom. The monoisotopic (exact) mass is 373 g/mol. The molecule has 1 aromatic carbocycles. The normalized spacial score (nSPS) is 11.5. The third-order valence-corrected chi connectivity index (χ3v) is 5.04. The lowest BCUT2D eigenvalue weighted by atomic mass is 10.1. The Morgan fingerprint density at radius 3 is 2.77 bits per heavy atom. The summed E-state index contributed by atoms with van der Waals surface area (Å²) in [6, 6.07) is 7.45. The third kappa shape index (κ3) is 3.60. The number of hydrogen-bond donors (Lipinski definition) is 1. The van der Waals surface area contributed by atoms with Gasteiger partial charge in [-0.1, -0.05) is 37.7 Å². The van der Waals surface area contributed by atoms with Crippen LogP contribution in [-0.4, -0.2) is 37.4 Å². The molecule has 1 N–H and O–H groups in total. The van der Waals surface area contributed by atoms with Gasteiger partial charge in [-0.05, 0) is 31.4 Å². The first kappa shape index (κ1) is 18.4. The smallest absolute Gasteiger partial charge is 0.262 e. The minimum Gasteiger partial charge on any atom is -0.356 e. The summed E-state index contributed by atoms with van der Waals surface area (Å²) in [5, 5.41) is 12.5. The number of aryl methyl sites for hydroxylation is 1. The van der Waals surface area contributed by atoms with E-state index in [-0.39, 0.29) is 17.2 Å². The molecule has 26 heavy (non-hydrogen) atoms. The maximum absolute atomic E-state index is 12.9. The van der Waals surface area contributed by atoms with Crippen LogP contribution in [0.25, 0.3) is 16.7 Å². The highest BCUT2D eigenvalue weighted by atomic mass is 32.2. The van der Waals surface area contributed by atoms with E-state index < -0.39 is 0 Å². The van der Waals surface area contributed by atoms with Crippen molar-refractivity contribution in [3.05, 3.63) is 34.6 Å². The molecular formula is C18H23N5O2S. The molecular weight excluding hydrogens is 350 g/mol. The summed E-state index contributed by atoms with van der Waals surface area (Å²) < 4.78 is 3.56. The zero-order valence-electron chi connectivity index (χ0n) is 15.2. The second kappa shape index (κ2) is 7.90. The minimum absolute atomic E-state index is 0.0494. The summed E-state index contributed by atoms with van der Waals surface area (Å²) in [4.78, 5) is 24.7. The van der Waals surface area contributed by atoms with Crippen molar-refractivity contribution >= 4 is 34.3 Å². The fourth-order valence-electron chi connectivity index (χ4n) is 2.79. The first-order chi connectivity index (χ1) is 12.5. The molecule has 0 radical (unpaired) electrons. The zero-order chi connectivity index (χ0) is 18.7. The highest BCUT2D eigenvalue weighted by Gasteiger charge is 2.17. The van der Waals surface area contributed by atoms with E-state index in [1.54, 1.807) is 4.57 Å². The Hall–Kier alpha value is -2.35. The van der Waals surface area contributed by atoms with E-state index in [2.05, 4.69) is 29.4 Å². The Balaban J connectivity index is 2.11. The van der Waals surface area contributed by atoms with Gasteiger partial charge in [0.2, 0.25) is 11.7 Å². The average Bonchev–Trinajstić information content (AvgIpc) is 3.04. The van der Waals surface area contributed by atoms with Crippen molar-refractivity contribution < 1.29 is 4.79 Å². The predicted molar refractivity (Wildman–Crippen MR) is 104 cm³/mol. The number of amides is 1. The number of carbonyl (C=O) groups is 1. The number of carbonyl (C=O) groups excluding carboxylic acids is 1. The van der Waals surface area contributed by atoms with E-state index in [1.807, 2.05) is 35.6 Å². The number of para-hydroxylation sites is 1. The topological polar surface area (TPSA) is 81.3 Å². The molecule has 0 aliphatic rings. The SMILES string of the molecule is CCNC(=O)CSc1nnc2n(CCC(C)C)c(=O)c3ccccc3n12. The Kier molecular flexibility index (Phi) is 5.61. The minimum atomic E-state index is -0.0542. The Morgan fingerprint density at radius 1 is 1.27 bits per heavy atom. The van der Waals surface area contributed by atoms with Crippen LogP contribution in [0.2, 0.25) is 0 Å². The standard InChI is InChI=1S/C18H23N5O2S/c1-4-19-15(24)11-26-18-21-20-17-22(10-9-12(2)3)16(25)13-7-5-6-8-14(13)23(17)18/h5-8,12H,4,9-11H2,1-3H3,(H,19,24). The number of rotatable bonds is 7. The summed E-state index contributed by atoms with van der Waals surface area (Å²) in [6.07, 6.45) is 0.877. The van der Waals surface area contributed by atoms with Crippen LogP contribution in [0.15, 0.2) is 34.2 Å². The Bertz CT molecular complexity index is 992. The van der Waals surface area contributed by atoms with Gasteiger partial charge in [-0.2, -0.15) is 0 Å². The van der Waals surface area contributed by atoms with Crippen molar-refractivity contribution in [1.29, 1.82) is 0 Å². The second-order valence-corrected chi connectivity index (χ2v) is 7.46. The first-order valence-electron chi connectivity index (χ1n) is 8.79. The van der Waals surface area contributed by atoms with Crippen molar-refractivity contribution in [3.8, 4) is 0 Å². The number of hydrogen-bond acceptors (Lipinski definition) is 5. The number of fused-ring (bicyclic) bond motifs is 3. The lowest BCUT2D eigenvalue weighted by Gasteiger charge is -2.12. The average molecular weight is 373 g/mol.